The quantitative estimate of drug-likeness (QED) is 0.0317. The minimum atomic E-state index is -2.25. The molecule has 5 nitrogen and oxygen atoms in total. The molecule has 7 aromatic carbocycles. The molecule has 0 unspecified atom stereocenters. The molecule has 304 valence electrons. The van der Waals surface area contributed by atoms with Crippen molar-refractivity contribution < 1.29 is 36.2 Å². The average molecular weight is 851 g/mol. The van der Waals surface area contributed by atoms with Gasteiger partial charge in [0.05, 0.1) is 0 Å². The fraction of sp³-hybridized carbons (Fsp3) is 0.104. The van der Waals surface area contributed by atoms with E-state index in [-0.39, 0.29) is 44.2 Å². The van der Waals surface area contributed by atoms with Gasteiger partial charge in [0.1, 0.15) is 29.4 Å². The average Bonchev–Trinajstić information content (AvgIpc) is 3.28. The fourth-order valence-electron chi connectivity index (χ4n) is 6.41. The molecule has 7 aromatic rings. The summed E-state index contributed by atoms with van der Waals surface area (Å²) in [5.74, 6) is -10.6. The molecule has 60 heavy (non-hydrogen) atoms. The van der Waals surface area contributed by atoms with Crippen molar-refractivity contribution in [1.82, 2.24) is 4.31 Å². The minimum absolute atomic E-state index is 0.0121. The first-order valence-electron chi connectivity index (χ1n) is 18.7. The van der Waals surface area contributed by atoms with E-state index in [2.05, 4.69) is 6.58 Å². The zero-order valence-corrected chi connectivity index (χ0v) is 33.5. The zero-order valence-electron chi connectivity index (χ0n) is 31.9. The van der Waals surface area contributed by atoms with Gasteiger partial charge in [0.25, 0.3) is 0 Å². The number of nitrogens with zero attached hydrogens (tertiary/aromatic N) is 2. The van der Waals surface area contributed by atoms with Crippen LogP contribution in [0, 0.1) is 29.1 Å². The van der Waals surface area contributed by atoms with Crippen molar-refractivity contribution in [2.45, 2.75) is 31.2 Å². The van der Waals surface area contributed by atoms with Crippen molar-refractivity contribution in [1.29, 1.82) is 0 Å². The number of carbonyl (C=O) groups is 1. The first kappa shape index (κ1) is 42.0. The first-order chi connectivity index (χ1) is 29.0. The molecule has 0 saturated carbocycles. The Balaban J connectivity index is 1.27. The number of fused-ring (bicyclic) bond motifs is 1. The van der Waals surface area contributed by atoms with Gasteiger partial charge < -0.3 is 14.4 Å². The number of hydrogen-bond acceptors (Lipinski definition) is 6. The van der Waals surface area contributed by atoms with Crippen LogP contribution in [-0.2, 0) is 31.0 Å². The second kappa shape index (κ2) is 19.3. The van der Waals surface area contributed by atoms with E-state index in [1.807, 2.05) is 108 Å². The van der Waals surface area contributed by atoms with Crippen LogP contribution in [0.5, 0.6) is 5.75 Å². The number of halogens is 6. The van der Waals surface area contributed by atoms with Crippen LogP contribution in [0.3, 0.4) is 0 Å². The molecule has 12 heteroatoms. The number of carbonyl (C=O) groups excluding carboxylic acids is 1. The molecule has 0 heterocycles. The molecule has 0 N–H and O–H groups in total. The van der Waals surface area contributed by atoms with Gasteiger partial charge in [-0.05, 0) is 75.3 Å². The number of benzene rings is 7. The van der Waals surface area contributed by atoms with Gasteiger partial charge in [0.15, 0.2) is 23.3 Å². The van der Waals surface area contributed by atoms with Crippen molar-refractivity contribution in [3.05, 3.63) is 220 Å². The largest absolute Gasteiger partial charge is 0.488 e. The highest BCUT2D eigenvalue weighted by Gasteiger charge is 2.29. The number of hydrogen-bond donors (Lipinski definition) is 0. The predicted octanol–water partition coefficient (Wildman–Crippen LogP) is 12.9. The number of anilines is 1. The SMILES string of the molecule is C=C(CN(Cc1ccc(Cl)cc1)Sc1c(F)c(F)c(F)c(F)c1F)N(Cc1ccc2ccccc2c1)c1ccc(C(=O)OCc2ccccc2)c(OCc2ccccc2)c1. The molecule has 0 fully saturated rings. The number of rotatable bonds is 16. The molecule has 0 aliphatic rings. The van der Waals surface area contributed by atoms with E-state index in [9.17, 15) is 18.0 Å². The smallest absolute Gasteiger partial charge is 0.342 e. The van der Waals surface area contributed by atoms with Crippen molar-refractivity contribution >= 4 is 46.0 Å². The van der Waals surface area contributed by atoms with Crippen LogP contribution in [-0.4, -0.2) is 16.8 Å². The summed E-state index contributed by atoms with van der Waals surface area (Å²) in [5, 5.41) is 2.45. The summed E-state index contributed by atoms with van der Waals surface area (Å²) in [6.07, 6.45) is 0. The standard InChI is InChI=1S/C48H36ClF5N2O3S/c1-31(26-55(27-32-17-20-38(49)21-18-32)60-47-45(53)43(51)42(50)44(52)46(47)54)56(28-35-16-19-36-14-8-9-15-37(36)24-35)39-22-23-40(48(57)59-30-34-12-6-3-7-13-34)41(25-39)58-29-33-10-4-2-5-11-33/h2-25H,1,26-30H2. The topological polar surface area (TPSA) is 42.0 Å². The molecule has 0 aromatic heterocycles. The Kier molecular flexibility index (Phi) is 13.5. The maximum Gasteiger partial charge on any atom is 0.342 e. The van der Waals surface area contributed by atoms with Gasteiger partial charge >= 0.3 is 5.97 Å². The van der Waals surface area contributed by atoms with Gasteiger partial charge in [-0.15, -0.1) is 0 Å². The Morgan fingerprint density at radius 3 is 1.85 bits per heavy atom. The molecular weight excluding hydrogens is 815 g/mol. The third-order valence-electron chi connectivity index (χ3n) is 9.50. The number of esters is 1. The fourth-order valence-corrected chi connectivity index (χ4v) is 7.56. The summed E-state index contributed by atoms with van der Waals surface area (Å²) in [6, 6.07) is 44.1. The third kappa shape index (κ3) is 10.2. The van der Waals surface area contributed by atoms with Gasteiger partial charge in [0.2, 0.25) is 5.82 Å². The lowest BCUT2D eigenvalue weighted by molar-refractivity contribution is 0.0467. The van der Waals surface area contributed by atoms with Gasteiger partial charge in [-0.25, -0.2) is 31.1 Å². The highest BCUT2D eigenvalue weighted by Crippen LogP contribution is 2.36. The highest BCUT2D eigenvalue weighted by atomic mass is 35.5. The van der Waals surface area contributed by atoms with Crippen LogP contribution in [0.15, 0.2) is 163 Å². The Morgan fingerprint density at radius 1 is 0.600 bits per heavy atom. The molecule has 0 aliphatic heterocycles. The number of ether oxygens (including phenoxy) is 2. The van der Waals surface area contributed by atoms with Crippen LogP contribution in [0.4, 0.5) is 27.6 Å². The third-order valence-corrected chi connectivity index (χ3v) is 10.8. The van der Waals surface area contributed by atoms with Crippen molar-refractivity contribution in [2.75, 3.05) is 11.4 Å². The van der Waals surface area contributed by atoms with E-state index in [4.69, 9.17) is 21.1 Å². The molecule has 0 aliphatic carbocycles. The lowest BCUT2D eigenvalue weighted by Gasteiger charge is -2.31. The van der Waals surface area contributed by atoms with E-state index in [0.29, 0.717) is 33.9 Å². The Labute approximate surface area is 353 Å². The van der Waals surface area contributed by atoms with E-state index in [0.717, 1.165) is 27.5 Å². The second-order valence-corrected chi connectivity index (χ2v) is 15.3. The van der Waals surface area contributed by atoms with Crippen LogP contribution in [0.1, 0.15) is 32.6 Å². The van der Waals surface area contributed by atoms with E-state index >= 15 is 8.78 Å². The summed E-state index contributed by atoms with van der Waals surface area (Å²) in [4.78, 5) is 14.4. The van der Waals surface area contributed by atoms with Crippen LogP contribution in [0.2, 0.25) is 5.02 Å². The molecule has 0 radical (unpaired) electrons. The van der Waals surface area contributed by atoms with Crippen molar-refractivity contribution in [3.8, 4) is 5.75 Å². The zero-order chi connectivity index (χ0) is 42.2. The maximum absolute atomic E-state index is 15.2. The van der Waals surface area contributed by atoms with Crippen LogP contribution >= 0.6 is 23.5 Å². The second-order valence-electron chi connectivity index (χ2n) is 13.8. The molecule has 0 atom stereocenters. The van der Waals surface area contributed by atoms with Gasteiger partial charge in [-0.3, -0.25) is 0 Å². The maximum atomic E-state index is 15.2. The van der Waals surface area contributed by atoms with Gasteiger partial charge in [-0.1, -0.05) is 127 Å². The lowest BCUT2D eigenvalue weighted by atomic mass is 10.1. The van der Waals surface area contributed by atoms with E-state index in [1.165, 1.54) is 4.31 Å². The molecule has 7 rings (SSSR count). The van der Waals surface area contributed by atoms with Crippen LogP contribution in [0.25, 0.3) is 10.8 Å². The van der Waals surface area contributed by atoms with E-state index < -0.39 is 40.0 Å². The van der Waals surface area contributed by atoms with E-state index in [1.54, 1.807) is 42.5 Å². The summed E-state index contributed by atoms with van der Waals surface area (Å²) in [6.45, 7) is 4.62. The Bertz CT molecular complexity index is 2610. The van der Waals surface area contributed by atoms with Gasteiger partial charge in [-0.2, -0.15) is 0 Å². The molecule has 0 amide bonds. The Hall–Kier alpha value is -6.14. The van der Waals surface area contributed by atoms with Crippen LogP contribution < -0.4 is 9.64 Å². The summed E-state index contributed by atoms with van der Waals surface area (Å²) in [5.41, 5.74) is 4.24. The highest BCUT2D eigenvalue weighted by molar-refractivity contribution is 7.97. The molecule has 0 saturated heterocycles. The molecular formula is C48H36ClF5N2O3S. The molecule has 0 spiro atoms. The monoisotopic (exact) mass is 850 g/mol. The lowest BCUT2D eigenvalue weighted by Crippen LogP contribution is -2.30. The summed E-state index contributed by atoms with van der Waals surface area (Å²) >= 11 is 6.50. The summed E-state index contributed by atoms with van der Waals surface area (Å²) in [7, 11) is 0. The normalized spacial score (nSPS) is 11.2. The predicted molar refractivity (Wildman–Crippen MR) is 226 cm³/mol. The minimum Gasteiger partial charge on any atom is -0.488 e. The van der Waals surface area contributed by atoms with Gasteiger partial charge in [0, 0.05) is 42.1 Å². The Morgan fingerprint density at radius 2 is 1.18 bits per heavy atom. The molecule has 0 bridgehead atoms. The van der Waals surface area contributed by atoms with Crippen molar-refractivity contribution in [3.63, 3.8) is 0 Å². The van der Waals surface area contributed by atoms with Crippen molar-refractivity contribution in [2.24, 2.45) is 0 Å². The summed E-state index contributed by atoms with van der Waals surface area (Å²) < 4.78 is 86.7. The first-order valence-corrected chi connectivity index (χ1v) is 19.8.